The third-order valence-electron chi connectivity index (χ3n) is 3.05. The first-order valence-electron chi connectivity index (χ1n) is 6.74. The monoisotopic (exact) mass is 338 g/mol. The smallest absolute Gasteiger partial charge is 0.259 e. The van der Waals surface area contributed by atoms with Gasteiger partial charge in [-0.15, -0.1) is 0 Å². The van der Waals surface area contributed by atoms with Gasteiger partial charge in [-0.1, -0.05) is 0 Å². The van der Waals surface area contributed by atoms with Gasteiger partial charge in [-0.2, -0.15) is 0 Å². The SMILES string of the molecule is COc1ccc(NC(C)=O)cc1C(=O)Nc1ccc(F)c(F)c1F. The van der Waals surface area contributed by atoms with Crippen molar-refractivity contribution in [2.45, 2.75) is 6.92 Å². The average Bonchev–Trinajstić information content (AvgIpc) is 2.54. The minimum Gasteiger partial charge on any atom is -0.496 e. The van der Waals surface area contributed by atoms with Crippen LogP contribution in [0.5, 0.6) is 5.75 Å². The molecule has 0 aliphatic heterocycles. The molecule has 126 valence electrons. The van der Waals surface area contributed by atoms with Crippen LogP contribution in [0, 0.1) is 17.5 Å². The zero-order chi connectivity index (χ0) is 17.9. The summed E-state index contributed by atoms with van der Waals surface area (Å²) >= 11 is 0. The number of carbonyl (C=O) groups is 2. The van der Waals surface area contributed by atoms with Gasteiger partial charge in [0.15, 0.2) is 17.5 Å². The second-order valence-corrected chi connectivity index (χ2v) is 4.77. The molecule has 0 aliphatic rings. The van der Waals surface area contributed by atoms with Crippen molar-refractivity contribution in [3.8, 4) is 5.75 Å². The van der Waals surface area contributed by atoms with Crippen molar-refractivity contribution in [1.29, 1.82) is 0 Å². The highest BCUT2D eigenvalue weighted by Gasteiger charge is 2.18. The Morgan fingerprint density at radius 2 is 1.71 bits per heavy atom. The van der Waals surface area contributed by atoms with E-state index in [0.717, 1.165) is 6.07 Å². The van der Waals surface area contributed by atoms with Crippen molar-refractivity contribution in [3.63, 3.8) is 0 Å². The van der Waals surface area contributed by atoms with E-state index in [1.807, 2.05) is 0 Å². The number of rotatable bonds is 4. The van der Waals surface area contributed by atoms with Gasteiger partial charge in [0, 0.05) is 12.6 Å². The van der Waals surface area contributed by atoms with Crippen molar-refractivity contribution >= 4 is 23.2 Å². The van der Waals surface area contributed by atoms with E-state index in [2.05, 4.69) is 10.6 Å². The molecular formula is C16H13F3N2O3. The molecule has 2 aromatic rings. The number of amides is 2. The fourth-order valence-corrected chi connectivity index (χ4v) is 1.98. The lowest BCUT2D eigenvalue weighted by Gasteiger charge is -2.12. The number of ether oxygens (including phenoxy) is 1. The molecule has 0 saturated carbocycles. The minimum absolute atomic E-state index is 0.0205. The number of hydrogen-bond donors (Lipinski definition) is 2. The van der Waals surface area contributed by atoms with Crippen LogP contribution in [0.1, 0.15) is 17.3 Å². The molecule has 0 unspecified atom stereocenters. The summed E-state index contributed by atoms with van der Waals surface area (Å²) in [4.78, 5) is 23.4. The van der Waals surface area contributed by atoms with Crippen LogP contribution in [0.2, 0.25) is 0 Å². The fourth-order valence-electron chi connectivity index (χ4n) is 1.98. The number of hydrogen-bond acceptors (Lipinski definition) is 3. The number of carbonyl (C=O) groups excluding carboxylic acids is 2. The highest BCUT2D eigenvalue weighted by atomic mass is 19.2. The lowest BCUT2D eigenvalue weighted by atomic mass is 10.1. The number of benzene rings is 2. The molecule has 0 aliphatic carbocycles. The first-order valence-corrected chi connectivity index (χ1v) is 6.74. The molecule has 24 heavy (non-hydrogen) atoms. The zero-order valence-corrected chi connectivity index (χ0v) is 12.7. The van der Waals surface area contributed by atoms with Crippen molar-refractivity contribution in [1.82, 2.24) is 0 Å². The molecule has 2 aromatic carbocycles. The van der Waals surface area contributed by atoms with Crippen molar-refractivity contribution in [2.75, 3.05) is 17.7 Å². The topological polar surface area (TPSA) is 67.4 Å². The Labute approximate surface area is 135 Å². The van der Waals surface area contributed by atoms with Crippen LogP contribution in [0.3, 0.4) is 0 Å². The maximum atomic E-state index is 13.7. The molecule has 0 radical (unpaired) electrons. The molecule has 2 amide bonds. The van der Waals surface area contributed by atoms with E-state index < -0.39 is 29.0 Å². The van der Waals surface area contributed by atoms with Crippen molar-refractivity contribution in [3.05, 3.63) is 53.3 Å². The van der Waals surface area contributed by atoms with E-state index in [1.54, 1.807) is 0 Å². The van der Waals surface area contributed by atoms with E-state index in [-0.39, 0.29) is 17.2 Å². The Morgan fingerprint density at radius 3 is 2.33 bits per heavy atom. The molecule has 0 aromatic heterocycles. The second kappa shape index (κ2) is 7.03. The summed E-state index contributed by atoms with van der Waals surface area (Å²) in [6, 6.07) is 5.85. The molecule has 0 spiro atoms. The quantitative estimate of drug-likeness (QED) is 0.841. The van der Waals surface area contributed by atoms with Crippen molar-refractivity contribution in [2.24, 2.45) is 0 Å². The first kappa shape index (κ1) is 17.3. The van der Waals surface area contributed by atoms with E-state index >= 15 is 0 Å². The molecule has 0 fully saturated rings. The molecule has 5 nitrogen and oxygen atoms in total. The van der Waals surface area contributed by atoms with Crippen LogP contribution in [0.4, 0.5) is 24.5 Å². The first-order chi connectivity index (χ1) is 11.3. The van der Waals surface area contributed by atoms with Gasteiger partial charge in [0.1, 0.15) is 5.75 Å². The van der Waals surface area contributed by atoms with Gasteiger partial charge in [-0.05, 0) is 30.3 Å². The highest BCUT2D eigenvalue weighted by Crippen LogP contribution is 2.25. The van der Waals surface area contributed by atoms with Gasteiger partial charge in [0.05, 0.1) is 18.4 Å². The normalized spacial score (nSPS) is 10.2. The number of methoxy groups -OCH3 is 1. The van der Waals surface area contributed by atoms with Gasteiger partial charge in [-0.3, -0.25) is 9.59 Å². The Hall–Kier alpha value is -3.03. The number of nitrogens with one attached hydrogen (secondary N) is 2. The summed E-state index contributed by atoms with van der Waals surface area (Å²) < 4.78 is 44.8. The van der Waals surface area contributed by atoms with Crippen LogP contribution in [-0.2, 0) is 4.79 Å². The molecule has 2 N–H and O–H groups in total. The Kier molecular flexibility index (Phi) is 5.08. The molecule has 8 heteroatoms. The Balaban J connectivity index is 2.35. The lowest BCUT2D eigenvalue weighted by molar-refractivity contribution is -0.114. The van der Waals surface area contributed by atoms with E-state index in [9.17, 15) is 22.8 Å². The summed E-state index contributed by atoms with van der Waals surface area (Å²) in [6.07, 6.45) is 0. The number of halogens is 3. The maximum absolute atomic E-state index is 13.7. The lowest BCUT2D eigenvalue weighted by Crippen LogP contribution is -2.16. The maximum Gasteiger partial charge on any atom is 0.259 e. The summed E-state index contributed by atoms with van der Waals surface area (Å²) in [5.41, 5.74) is -0.224. The van der Waals surface area contributed by atoms with Crippen LogP contribution < -0.4 is 15.4 Å². The third-order valence-corrected chi connectivity index (χ3v) is 3.05. The summed E-state index contributed by atoms with van der Waals surface area (Å²) in [7, 11) is 1.32. The van der Waals surface area contributed by atoms with Gasteiger partial charge in [0.2, 0.25) is 5.91 Å². The van der Waals surface area contributed by atoms with Gasteiger partial charge < -0.3 is 15.4 Å². The largest absolute Gasteiger partial charge is 0.496 e. The average molecular weight is 338 g/mol. The minimum atomic E-state index is -1.69. The highest BCUT2D eigenvalue weighted by molar-refractivity contribution is 6.07. The Morgan fingerprint density at radius 1 is 1.00 bits per heavy atom. The fraction of sp³-hybridized carbons (Fsp3) is 0.125. The zero-order valence-electron chi connectivity index (χ0n) is 12.7. The van der Waals surface area contributed by atoms with E-state index in [4.69, 9.17) is 4.74 Å². The summed E-state index contributed by atoms with van der Waals surface area (Å²) in [5.74, 6) is -5.57. The molecule has 0 heterocycles. The molecule has 2 rings (SSSR count). The van der Waals surface area contributed by atoms with Crippen LogP contribution in [0.25, 0.3) is 0 Å². The second-order valence-electron chi connectivity index (χ2n) is 4.77. The molecular weight excluding hydrogens is 325 g/mol. The van der Waals surface area contributed by atoms with Crippen LogP contribution >= 0.6 is 0 Å². The molecule has 0 saturated heterocycles. The number of anilines is 2. The molecule has 0 atom stereocenters. The predicted molar refractivity (Wildman–Crippen MR) is 81.6 cm³/mol. The third kappa shape index (κ3) is 3.65. The van der Waals surface area contributed by atoms with Gasteiger partial charge in [-0.25, -0.2) is 13.2 Å². The van der Waals surface area contributed by atoms with E-state index in [1.165, 1.54) is 32.2 Å². The van der Waals surface area contributed by atoms with Gasteiger partial charge in [0.25, 0.3) is 5.91 Å². The summed E-state index contributed by atoms with van der Waals surface area (Å²) in [6.45, 7) is 1.29. The molecule has 0 bridgehead atoms. The van der Waals surface area contributed by atoms with Crippen molar-refractivity contribution < 1.29 is 27.5 Å². The van der Waals surface area contributed by atoms with E-state index in [0.29, 0.717) is 11.8 Å². The van der Waals surface area contributed by atoms with Gasteiger partial charge >= 0.3 is 0 Å². The van der Waals surface area contributed by atoms with Crippen LogP contribution in [0.15, 0.2) is 30.3 Å². The Bertz CT molecular complexity index is 809. The predicted octanol–water partition coefficient (Wildman–Crippen LogP) is 3.32. The summed E-state index contributed by atoms with van der Waals surface area (Å²) in [5, 5.41) is 4.62. The van der Waals surface area contributed by atoms with Crippen LogP contribution in [-0.4, -0.2) is 18.9 Å². The standard InChI is InChI=1S/C16H13F3N2O3/c1-8(22)20-9-3-6-13(24-2)10(7-9)16(23)21-12-5-4-11(17)14(18)15(12)19/h3-7H,1-2H3,(H,20,22)(H,21,23).